The monoisotopic (exact) mass is 309 g/mol. The fourth-order valence-corrected chi connectivity index (χ4v) is 1.53. The van der Waals surface area contributed by atoms with E-state index in [1.807, 2.05) is 0 Å². The first-order chi connectivity index (χ1) is 9.67. The van der Waals surface area contributed by atoms with E-state index in [1.54, 1.807) is 25.5 Å². The Bertz CT molecular complexity index is 365. The molecule has 1 heterocycles. The Morgan fingerprint density at radius 3 is 2.33 bits per heavy atom. The van der Waals surface area contributed by atoms with E-state index in [4.69, 9.17) is 19.7 Å². The summed E-state index contributed by atoms with van der Waals surface area (Å²) in [5, 5.41) is 17.6. The zero-order chi connectivity index (χ0) is 16.6. The maximum atomic E-state index is 11.9. The molecule has 0 radical (unpaired) electrons. The summed E-state index contributed by atoms with van der Waals surface area (Å²) in [5.74, 6) is -0.653. The molecule has 21 heavy (non-hydrogen) atoms. The first kappa shape index (κ1) is 19.1. The summed E-state index contributed by atoms with van der Waals surface area (Å²) < 4.78 is 16.5. The summed E-state index contributed by atoms with van der Waals surface area (Å²) in [6.07, 6.45) is -1.99. The number of esters is 1. The zero-order valence-corrected chi connectivity index (χ0v) is 12.2. The summed E-state index contributed by atoms with van der Waals surface area (Å²) in [4.78, 5) is 32.3. The number of nitrogens with zero attached hydrogens (tertiary/aromatic N) is 1. The fraction of sp³-hybridized carbons (Fsp3) is 0.818. The molecule has 0 aromatic rings. The predicted octanol–water partition coefficient (Wildman–Crippen LogP) is -1.01. The molecule has 0 aromatic heterocycles. The number of rotatable bonds is 1. The molecular weight excluding hydrogens is 290 g/mol. The third kappa shape index (κ3) is 6.36. The first-order valence-electron chi connectivity index (χ1n) is 5.94. The van der Waals surface area contributed by atoms with Gasteiger partial charge in [0.15, 0.2) is 17.0 Å². The van der Waals surface area contributed by atoms with Crippen molar-refractivity contribution in [1.29, 1.82) is 0 Å². The molecule has 1 amide bonds. The minimum Gasteiger partial charge on any atom is -0.467 e. The van der Waals surface area contributed by atoms with Crippen LogP contribution in [0, 0.1) is 9.71 Å². The van der Waals surface area contributed by atoms with Crippen LogP contribution < -0.4 is 5.26 Å². The van der Waals surface area contributed by atoms with Crippen LogP contribution in [-0.4, -0.2) is 60.3 Å². The topological polar surface area (TPSA) is 137 Å². The molecule has 10 nitrogen and oxygen atoms in total. The van der Waals surface area contributed by atoms with Gasteiger partial charge in [-0.2, -0.15) is 0 Å². The van der Waals surface area contributed by atoms with Gasteiger partial charge in [0.25, 0.3) is 0 Å². The number of ether oxygens (including phenoxy) is 3. The third-order valence-electron chi connectivity index (χ3n) is 2.28. The molecule has 2 atom stereocenters. The van der Waals surface area contributed by atoms with Crippen LogP contribution in [0.2, 0.25) is 0 Å². The molecule has 0 aromatic carbocycles. The molecule has 122 valence electrons. The van der Waals surface area contributed by atoms with Crippen LogP contribution in [-0.2, 0) is 19.0 Å². The molecule has 10 heteroatoms. The number of hydrogen-bond acceptors (Lipinski definition) is 8. The fourth-order valence-electron chi connectivity index (χ4n) is 1.53. The van der Waals surface area contributed by atoms with Crippen molar-refractivity contribution < 1.29 is 34.2 Å². The van der Waals surface area contributed by atoms with Crippen LogP contribution >= 0.6 is 0 Å². The second-order valence-corrected chi connectivity index (χ2v) is 5.01. The predicted molar refractivity (Wildman–Crippen MR) is 67.4 cm³/mol. The van der Waals surface area contributed by atoms with Crippen LogP contribution in [0.15, 0.2) is 0 Å². The van der Waals surface area contributed by atoms with Gasteiger partial charge < -0.3 is 19.3 Å². The molecule has 1 unspecified atom stereocenters. The standard InChI is InChI=1S/C11H19NO6.O3/c1-11(2,3)18-10(15)12-7(9(14)16-4)5-17-6-8(12)13;1-3-2/h7-8,13H,5-6H2,1-4H3;/t7-,8?;/m0./s1. The van der Waals surface area contributed by atoms with Gasteiger partial charge in [-0.15, -0.1) is 0 Å². The Kier molecular flexibility index (Phi) is 7.60. The van der Waals surface area contributed by atoms with E-state index in [-0.39, 0.29) is 13.2 Å². The lowest BCUT2D eigenvalue weighted by molar-refractivity contribution is -0.284. The van der Waals surface area contributed by atoms with Crippen LogP contribution in [0.25, 0.3) is 0 Å². The molecule has 0 spiro atoms. The van der Waals surface area contributed by atoms with Gasteiger partial charge in [0.1, 0.15) is 5.60 Å². The molecule has 1 aliphatic rings. The van der Waals surface area contributed by atoms with Crippen molar-refractivity contribution >= 4 is 12.1 Å². The van der Waals surface area contributed by atoms with E-state index >= 15 is 0 Å². The average molecular weight is 309 g/mol. The van der Waals surface area contributed by atoms with E-state index < -0.39 is 29.9 Å². The molecule has 0 bridgehead atoms. The van der Waals surface area contributed by atoms with Gasteiger partial charge in [0, 0.05) is 0 Å². The summed E-state index contributed by atoms with van der Waals surface area (Å²) in [6, 6.07) is -0.992. The van der Waals surface area contributed by atoms with E-state index in [0.29, 0.717) is 0 Å². The van der Waals surface area contributed by atoms with Crippen LogP contribution in [0.1, 0.15) is 20.8 Å². The molecular formula is C11H19NO9. The quantitative estimate of drug-likeness (QED) is 0.281. The van der Waals surface area contributed by atoms with Crippen molar-refractivity contribution in [2.75, 3.05) is 20.3 Å². The van der Waals surface area contributed by atoms with Crippen molar-refractivity contribution in [3.63, 3.8) is 0 Å². The average Bonchev–Trinajstić information content (AvgIpc) is 2.36. The highest BCUT2D eigenvalue weighted by atomic mass is 17.2. The molecule has 1 rings (SSSR count). The number of carbonyl (C=O) groups is 2. The van der Waals surface area contributed by atoms with E-state index in [9.17, 15) is 14.7 Å². The van der Waals surface area contributed by atoms with Gasteiger partial charge in [0.05, 0.1) is 20.3 Å². The number of morpholine rings is 1. The van der Waals surface area contributed by atoms with Gasteiger partial charge in [-0.25, -0.2) is 9.59 Å². The zero-order valence-electron chi connectivity index (χ0n) is 12.2. The van der Waals surface area contributed by atoms with Gasteiger partial charge in [-0.1, -0.05) is 10.2 Å². The molecule has 1 aliphatic heterocycles. The second kappa shape index (κ2) is 8.37. The van der Waals surface area contributed by atoms with E-state index in [0.717, 1.165) is 4.90 Å². The number of carbonyl (C=O) groups excluding carboxylic acids is 2. The maximum absolute atomic E-state index is 11.9. The summed E-state index contributed by atoms with van der Waals surface area (Å²) in [7, 11) is 1.20. The first-order valence-corrected chi connectivity index (χ1v) is 5.94. The number of aliphatic hydroxyl groups excluding tert-OH is 1. The Morgan fingerprint density at radius 2 is 1.90 bits per heavy atom. The molecule has 0 aliphatic carbocycles. The SMILES string of the molecule is COC(=O)[C@@H]1COCC(O)N1C(=O)OC(C)(C)C.O=[O+][O-]. The van der Waals surface area contributed by atoms with Crippen LogP contribution in [0.4, 0.5) is 4.79 Å². The highest BCUT2D eigenvalue weighted by molar-refractivity contribution is 5.82. The maximum Gasteiger partial charge on any atom is 0.413 e. The largest absolute Gasteiger partial charge is 0.467 e. The number of hydrogen-bond donors (Lipinski definition) is 1. The number of amides is 1. The Balaban J connectivity index is 0.00000122. The summed E-state index contributed by atoms with van der Waals surface area (Å²) >= 11 is 0. The third-order valence-corrected chi connectivity index (χ3v) is 2.28. The Morgan fingerprint density at radius 1 is 1.38 bits per heavy atom. The highest BCUT2D eigenvalue weighted by Gasteiger charge is 2.41. The van der Waals surface area contributed by atoms with Crippen molar-refractivity contribution in [3.8, 4) is 0 Å². The van der Waals surface area contributed by atoms with Gasteiger partial charge in [-0.05, 0) is 20.8 Å². The van der Waals surface area contributed by atoms with Crippen molar-refractivity contribution in [3.05, 3.63) is 9.71 Å². The van der Waals surface area contributed by atoms with E-state index in [2.05, 4.69) is 4.74 Å². The lowest BCUT2D eigenvalue weighted by Crippen LogP contribution is -2.59. The number of methoxy groups -OCH3 is 1. The highest BCUT2D eigenvalue weighted by Crippen LogP contribution is 2.18. The smallest absolute Gasteiger partial charge is 0.413 e. The van der Waals surface area contributed by atoms with Gasteiger partial charge in [0.2, 0.25) is 0 Å². The van der Waals surface area contributed by atoms with Crippen LogP contribution in [0.5, 0.6) is 0 Å². The second-order valence-electron chi connectivity index (χ2n) is 5.01. The Labute approximate surface area is 121 Å². The van der Waals surface area contributed by atoms with Crippen LogP contribution in [0.3, 0.4) is 0 Å². The molecule has 0 saturated carbocycles. The Hall–Kier alpha value is -1.94. The lowest BCUT2D eigenvalue weighted by Gasteiger charge is -2.38. The van der Waals surface area contributed by atoms with Crippen molar-refractivity contribution in [1.82, 2.24) is 4.90 Å². The molecule has 1 fully saturated rings. The van der Waals surface area contributed by atoms with Gasteiger partial charge in [-0.3, -0.25) is 4.90 Å². The minimum absolute atomic E-state index is 0.0248. The number of aliphatic hydroxyl groups is 1. The molecule has 1 saturated heterocycles. The summed E-state index contributed by atoms with van der Waals surface area (Å²) in [5.41, 5.74) is -0.713. The molecule has 1 N–H and O–H groups in total. The normalized spacial score (nSPS) is 21.7. The lowest BCUT2D eigenvalue weighted by atomic mass is 10.2. The summed E-state index contributed by atoms with van der Waals surface area (Å²) in [6.45, 7) is 5.01. The minimum atomic E-state index is -1.22. The van der Waals surface area contributed by atoms with E-state index in [1.165, 1.54) is 7.11 Å². The van der Waals surface area contributed by atoms with Crippen molar-refractivity contribution in [2.24, 2.45) is 0 Å². The van der Waals surface area contributed by atoms with Crippen molar-refractivity contribution in [2.45, 2.75) is 38.6 Å². The van der Waals surface area contributed by atoms with Gasteiger partial charge >= 0.3 is 12.1 Å².